The van der Waals surface area contributed by atoms with Crippen LogP contribution in [0.1, 0.15) is 126 Å². The molecule has 326 valence electrons. The van der Waals surface area contributed by atoms with Crippen LogP contribution in [0.2, 0.25) is 0 Å². The van der Waals surface area contributed by atoms with Crippen LogP contribution in [-0.4, -0.2) is 0 Å². The van der Waals surface area contributed by atoms with Crippen molar-refractivity contribution in [1.82, 2.24) is 0 Å². The Balaban J connectivity index is 1.20. The molecule has 0 bridgehead atoms. The van der Waals surface area contributed by atoms with E-state index in [1.807, 2.05) is 0 Å². The zero-order valence-corrected chi connectivity index (χ0v) is 40.0. The van der Waals surface area contributed by atoms with E-state index < -0.39 is 5.41 Å². The summed E-state index contributed by atoms with van der Waals surface area (Å²) in [6.45, 7) is 19.7. The van der Waals surface area contributed by atoms with Crippen molar-refractivity contribution in [3.63, 3.8) is 0 Å². The van der Waals surface area contributed by atoms with Crippen molar-refractivity contribution >= 4 is 17.1 Å². The molecule has 0 fully saturated rings. The molecular formula is C65H61N. The van der Waals surface area contributed by atoms with E-state index in [0.29, 0.717) is 0 Å². The number of nitrogens with zero attached hydrogens (tertiary/aromatic N) is 1. The summed E-state index contributed by atoms with van der Waals surface area (Å²) in [7, 11) is 0. The first-order valence-corrected chi connectivity index (χ1v) is 24.4. The van der Waals surface area contributed by atoms with Gasteiger partial charge in [0, 0.05) is 16.9 Å². The third-order valence-electron chi connectivity index (χ3n) is 16.8. The Hall–Kier alpha value is -6.44. The molecule has 0 heterocycles. The van der Waals surface area contributed by atoms with Crippen LogP contribution in [0.3, 0.4) is 0 Å². The van der Waals surface area contributed by atoms with E-state index in [1.165, 1.54) is 114 Å². The van der Waals surface area contributed by atoms with Crippen LogP contribution in [-0.2, 0) is 27.1 Å². The third-order valence-corrected chi connectivity index (χ3v) is 16.8. The second kappa shape index (κ2) is 14.3. The lowest BCUT2D eigenvalue weighted by atomic mass is 9.61. The highest BCUT2D eigenvalue weighted by Gasteiger charge is 2.52. The van der Waals surface area contributed by atoms with Crippen molar-refractivity contribution in [3.05, 3.63) is 220 Å². The summed E-state index contributed by atoms with van der Waals surface area (Å²) >= 11 is 0. The third kappa shape index (κ3) is 5.78. The Morgan fingerprint density at radius 3 is 1.30 bits per heavy atom. The summed E-state index contributed by atoms with van der Waals surface area (Å²) < 4.78 is 0. The first-order chi connectivity index (χ1) is 31.7. The fourth-order valence-electron chi connectivity index (χ4n) is 13.3. The van der Waals surface area contributed by atoms with Crippen LogP contribution in [0, 0.1) is 0 Å². The van der Waals surface area contributed by atoms with Crippen LogP contribution in [0.5, 0.6) is 0 Å². The average Bonchev–Trinajstić information content (AvgIpc) is 3.79. The van der Waals surface area contributed by atoms with Crippen molar-refractivity contribution in [2.24, 2.45) is 0 Å². The molecule has 0 saturated heterocycles. The number of fused-ring (bicyclic) bond motifs is 12. The molecule has 1 spiro atoms. The minimum absolute atomic E-state index is 0.00926. The second-order valence-electron chi connectivity index (χ2n) is 22.5. The van der Waals surface area contributed by atoms with E-state index in [4.69, 9.17) is 0 Å². The summed E-state index contributed by atoms with van der Waals surface area (Å²) in [5.74, 6) is 0. The SMILES string of the molecule is CC1(C)CCC(C)(C)c2c(-c3cccc(N(c4ccccc4)c4cc5c(cc4-c4cccc6c4C(C)(C)CCC6(C)C)-c4ccccc4C54c5ccccc5-c5ccccc54)c3)cccc21. The highest BCUT2D eigenvalue weighted by Crippen LogP contribution is 2.65. The molecule has 0 amide bonds. The minimum Gasteiger partial charge on any atom is -0.310 e. The molecule has 4 aliphatic rings. The lowest BCUT2D eigenvalue weighted by molar-refractivity contribution is 0.333. The van der Waals surface area contributed by atoms with Crippen molar-refractivity contribution in [2.75, 3.05) is 4.90 Å². The van der Waals surface area contributed by atoms with Gasteiger partial charge in [-0.3, -0.25) is 0 Å². The highest BCUT2D eigenvalue weighted by molar-refractivity contribution is 6.01. The van der Waals surface area contributed by atoms with Crippen LogP contribution < -0.4 is 4.90 Å². The number of para-hydroxylation sites is 1. The Morgan fingerprint density at radius 2 is 0.727 bits per heavy atom. The van der Waals surface area contributed by atoms with Crippen LogP contribution in [0.4, 0.5) is 17.1 Å². The highest BCUT2D eigenvalue weighted by atomic mass is 15.1. The van der Waals surface area contributed by atoms with E-state index in [9.17, 15) is 0 Å². The van der Waals surface area contributed by atoms with Gasteiger partial charge >= 0.3 is 0 Å². The normalized spacial score (nSPS) is 18.1. The average molecular weight is 856 g/mol. The monoisotopic (exact) mass is 855 g/mol. The van der Waals surface area contributed by atoms with E-state index in [1.54, 1.807) is 0 Å². The van der Waals surface area contributed by atoms with Gasteiger partial charge in [-0.15, -0.1) is 0 Å². The molecule has 66 heavy (non-hydrogen) atoms. The summed E-state index contributed by atoms with van der Waals surface area (Å²) in [6, 6.07) is 67.8. The number of rotatable bonds is 5. The molecule has 0 saturated carbocycles. The van der Waals surface area contributed by atoms with Crippen molar-refractivity contribution < 1.29 is 0 Å². The summed E-state index contributed by atoms with van der Waals surface area (Å²) in [6.07, 6.45) is 4.67. The van der Waals surface area contributed by atoms with Gasteiger partial charge in [0.2, 0.25) is 0 Å². The van der Waals surface area contributed by atoms with E-state index in [0.717, 1.165) is 17.8 Å². The summed E-state index contributed by atoms with van der Waals surface area (Å²) in [4.78, 5) is 2.59. The maximum absolute atomic E-state index is 2.62. The number of hydrogen-bond acceptors (Lipinski definition) is 1. The molecule has 4 aliphatic carbocycles. The molecule has 0 aliphatic heterocycles. The lowest BCUT2D eigenvalue weighted by Gasteiger charge is -2.43. The lowest BCUT2D eigenvalue weighted by Crippen LogP contribution is -2.34. The maximum atomic E-state index is 2.62. The predicted octanol–water partition coefficient (Wildman–Crippen LogP) is 17.5. The molecule has 0 N–H and O–H groups in total. The van der Waals surface area contributed by atoms with Crippen LogP contribution in [0.25, 0.3) is 44.5 Å². The Bertz CT molecular complexity index is 3220. The van der Waals surface area contributed by atoms with Gasteiger partial charge in [0.05, 0.1) is 11.1 Å². The summed E-state index contributed by atoms with van der Waals surface area (Å²) in [5.41, 5.74) is 25.2. The van der Waals surface area contributed by atoms with Crippen LogP contribution >= 0.6 is 0 Å². The van der Waals surface area contributed by atoms with Crippen molar-refractivity contribution in [3.8, 4) is 44.5 Å². The van der Waals surface area contributed by atoms with Crippen molar-refractivity contribution in [2.45, 2.75) is 108 Å². The largest absolute Gasteiger partial charge is 0.310 e. The molecular weight excluding hydrogens is 795 g/mol. The zero-order valence-electron chi connectivity index (χ0n) is 40.0. The molecule has 0 atom stereocenters. The molecule has 8 aromatic rings. The predicted molar refractivity (Wildman–Crippen MR) is 279 cm³/mol. The molecule has 1 nitrogen and oxygen atoms in total. The van der Waals surface area contributed by atoms with Crippen molar-refractivity contribution in [1.29, 1.82) is 0 Å². The van der Waals surface area contributed by atoms with E-state index in [-0.39, 0.29) is 21.7 Å². The fourth-order valence-corrected chi connectivity index (χ4v) is 13.3. The fraction of sp³-hybridized carbons (Fsp3) is 0.262. The number of anilines is 3. The molecule has 8 aromatic carbocycles. The second-order valence-corrected chi connectivity index (χ2v) is 22.5. The topological polar surface area (TPSA) is 3.24 Å². The van der Waals surface area contributed by atoms with Gasteiger partial charge in [0.25, 0.3) is 0 Å². The van der Waals surface area contributed by atoms with Gasteiger partial charge in [0.15, 0.2) is 0 Å². The number of benzene rings is 8. The standard InChI is InChI=1S/C65H61N/c1-61(2)35-37-63(5,6)59-45(28-19-33-55(59)61)42-21-18-24-44(39-42)66(43-22-10-9-11-23-43)58-41-57-50(40-51(58)49-29-20-34-56-60(49)64(7,8)38-36-62(56,3)4)48-27-14-17-32-54(48)65(57)52-30-15-12-25-46(52)47-26-13-16-31-53(47)65/h9-34,39-41H,35-38H2,1-8H3. The van der Waals surface area contributed by atoms with E-state index in [2.05, 4.69) is 236 Å². The molecule has 0 radical (unpaired) electrons. The molecule has 0 aromatic heterocycles. The molecule has 12 rings (SSSR count). The van der Waals surface area contributed by atoms with E-state index >= 15 is 0 Å². The zero-order chi connectivity index (χ0) is 45.4. The maximum Gasteiger partial charge on any atom is 0.0726 e. The van der Waals surface area contributed by atoms with Gasteiger partial charge in [-0.25, -0.2) is 0 Å². The Labute approximate surface area is 393 Å². The number of hydrogen-bond donors (Lipinski definition) is 0. The van der Waals surface area contributed by atoms with Gasteiger partial charge in [-0.05, 0) is 167 Å². The molecule has 1 heteroatoms. The van der Waals surface area contributed by atoms with Crippen LogP contribution in [0.15, 0.2) is 176 Å². The first-order valence-electron chi connectivity index (χ1n) is 24.4. The van der Waals surface area contributed by atoms with Gasteiger partial charge in [-0.2, -0.15) is 0 Å². The smallest absolute Gasteiger partial charge is 0.0726 e. The summed E-state index contributed by atoms with van der Waals surface area (Å²) in [5, 5.41) is 0. The first kappa shape index (κ1) is 41.0. The Kier molecular flexibility index (Phi) is 8.88. The van der Waals surface area contributed by atoms with Gasteiger partial charge < -0.3 is 4.90 Å². The molecule has 0 unspecified atom stereocenters. The Morgan fingerprint density at radius 1 is 0.303 bits per heavy atom. The van der Waals surface area contributed by atoms with Gasteiger partial charge in [0.1, 0.15) is 0 Å². The van der Waals surface area contributed by atoms with Gasteiger partial charge in [-0.1, -0.05) is 195 Å². The minimum atomic E-state index is -0.477. The quantitative estimate of drug-likeness (QED) is 0.167.